The number of aromatic nitrogens is 4. The monoisotopic (exact) mass is 718 g/mol. The van der Waals surface area contributed by atoms with E-state index in [0.29, 0.717) is 23.4 Å². The van der Waals surface area contributed by atoms with Gasteiger partial charge in [0.2, 0.25) is 5.89 Å². The number of hydrogen-bond acceptors (Lipinski definition) is 6. The maximum Gasteiger partial charge on any atom is 0.227 e. The van der Waals surface area contributed by atoms with Gasteiger partial charge in [0.25, 0.3) is 0 Å². The number of oxazole rings is 1. The summed E-state index contributed by atoms with van der Waals surface area (Å²) in [5, 5.41) is 4.29. The highest BCUT2D eigenvalue weighted by molar-refractivity contribution is 6.17. The van der Waals surface area contributed by atoms with Crippen molar-refractivity contribution in [1.82, 2.24) is 19.9 Å². The van der Waals surface area contributed by atoms with Crippen LogP contribution in [0.15, 0.2) is 191 Å². The molecule has 0 aliphatic heterocycles. The van der Waals surface area contributed by atoms with Crippen molar-refractivity contribution in [2.24, 2.45) is 0 Å². The fourth-order valence-corrected chi connectivity index (χ4v) is 7.66. The molecule has 56 heavy (non-hydrogen) atoms. The Balaban J connectivity index is 0.964. The molecule has 0 saturated heterocycles. The molecule has 262 valence electrons. The van der Waals surface area contributed by atoms with Crippen molar-refractivity contribution >= 4 is 43.8 Å². The van der Waals surface area contributed by atoms with E-state index in [1.165, 1.54) is 0 Å². The summed E-state index contributed by atoms with van der Waals surface area (Å²) in [6.45, 7) is 0. The van der Waals surface area contributed by atoms with Crippen LogP contribution in [0.5, 0.6) is 0 Å². The zero-order chi connectivity index (χ0) is 37.0. The third-order valence-electron chi connectivity index (χ3n) is 10.4. The second-order valence-electron chi connectivity index (χ2n) is 13.8. The van der Waals surface area contributed by atoms with Crippen molar-refractivity contribution < 1.29 is 8.83 Å². The smallest absolute Gasteiger partial charge is 0.227 e. The minimum atomic E-state index is 0.598. The first-order valence-corrected chi connectivity index (χ1v) is 18.5. The standard InChI is InChI=1S/C50H30N4O2/c1-4-12-32(13-5-1)47-52-48(33-14-6-2-7-15-33)54-49(53-47)34-22-20-31(21-23-34)37-26-27-38(40-19-11-10-18-39(37)40)36-24-25-41-44(30-36)55-42-28-29-43-46(45(41)42)51-50(56-43)35-16-8-3-9-17-35/h1-30H. The van der Waals surface area contributed by atoms with Crippen LogP contribution < -0.4 is 0 Å². The summed E-state index contributed by atoms with van der Waals surface area (Å²) in [4.78, 5) is 19.6. The molecule has 11 rings (SSSR count). The van der Waals surface area contributed by atoms with Gasteiger partial charge in [-0.25, -0.2) is 19.9 Å². The second-order valence-corrected chi connectivity index (χ2v) is 13.8. The van der Waals surface area contributed by atoms with Gasteiger partial charge in [0.05, 0.1) is 5.39 Å². The Hall–Kier alpha value is -7.70. The Labute approximate surface area is 321 Å². The lowest BCUT2D eigenvalue weighted by molar-refractivity contribution is 0.619. The Kier molecular flexibility index (Phi) is 7.38. The number of hydrogen-bond donors (Lipinski definition) is 0. The average Bonchev–Trinajstić information content (AvgIpc) is 3.88. The molecule has 0 spiro atoms. The molecule has 11 aromatic rings. The van der Waals surface area contributed by atoms with Gasteiger partial charge in [-0.3, -0.25) is 0 Å². The third-order valence-corrected chi connectivity index (χ3v) is 10.4. The number of benzene rings is 8. The molecule has 6 nitrogen and oxygen atoms in total. The molecule has 3 heterocycles. The van der Waals surface area contributed by atoms with E-state index in [4.69, 9.17) is 28.8 Å². The molecule has 0 bridgehead atoms. The highest BCUT2D eigenvalue weighted by Gasteiger charge is 2.18. The minimum Gasteiger partial charge on any atom is -0.456 e. The van der Waals surface area contributed by atoms with Crippen LogP contribution in [0.2, 0.25) is 0 Å². The van der Waals surface area contributed by atoms with Crippen LogP contribution in [-0.4, -0.2) is 19.9 Å². The van der Waals surface area contributed by atoms with Crippen LogP contribution in [0.1, 0.15) is 0 Å². The third kappa shape index (κ3) is 5.43. The quantitative estimate of drug-likeness (QED) is 0.170. The van der Waals surface area contributed by atoms with Crippen molar-refractivity contribution in [2.75, 3.05) is 0 Å². The first-order chi connectivity index (χ1) is 27.7. The zero-order valence-corrected chi connectivity index (χ0v) is 29.9. The maximum atomic E-state index is 6.46. The van der Waals surface area contributed by atoms with E-state index in [-0.39, 0.29) is 0 Å². The largest absolute Gasteiger partial charge is 0.456 e. The Bertz CT molecular complexity index is 3170. The maximum absolute atomic E-state index is 6.46. The highest BCUT2D eigenvalue weighted by atomic mass is 16.4. The predicted octanol–water partition coefficient (Wildman–Crippen LogP) is 13.1. The number of furan rings is 1. The summed E-state index contributed by atoms with van der Waals surface area (Å²) in [5.74, 6) is 2.51. The lowest BCUT2D eigenvalue weighted by Crippen LogP contribution is -2.00. The van der Waals surface area contributed by atoms with Crippen molar-refractivity contribution in [1.29, 1.82) is 0 Å². The van der Waals surface area contributed by atoms with Crippen molar-refractivity contribution in [3.8, 4) is 67.9 Å². The minimum absolute atomic E-state index is 0.598. The molecule has 8 aromatic carbocycles. The molecule has 0 amide bonds. The molecule has 0 fully saturated rings. The summed E-state index contributed by atoms with van der Waals surface area (Å²) in [7, 11) is 0. The lowest BCUT2D eigenvalue weighted by Gasteiger charge is -2.13. The van der Waals surface area contributed by atoms with Crippen molar-refractivity contribution in [3.63, 3.8) is 0 Å². The number of fused-ring (bicyclic) bond motifs is 6. The van der Waals surface area contributed by atoms with E-state index in [2.05, 4.69) is 78.9 Å². The summed E-state index contributed by atoms with van der Waals surface area (Å²) in [5.41, 5.74) is 11.3. The van der Waals surface area contributed by atoms with Crippen molar-refractivity contribution in [3.05, 3.63) is 182 Å². The molecule has 0 N–H and O–H groups in total. The van der Waals surface area contributed by atoms with Crippen LogP contribution in [0, 0.1) is 0 Å². The van der Waals surface area contributed by atoms with Gasteiger partial charge in [-0.2, -0.15) is 0 Å². The second kappa shape index (κ2) is 13.0. The van der Waals surface area contributed by atoms with Crippen LogP contribution in [0.25, 0.3) is 112 Å². The van der Waals surface area contributed by atoms with E-state index in [0.717, 1.165) is 88.3 Å². The summed E-state index contributed by atoms with van der Waals surface area (Å²) in [6.07, 6.45) is 0. The van der Waals surface area contributed by atoms with Gasteiger partial charge in [-0.15, -0.1) is 0 Å². The highest BCUT2D eigenvalue weighted by Crippen LogP contribution is 2.41. The Morgan fingerprint density at radius 3 is 1.39 bits per heavy atom. The van der Waals surface area contributed by atoms with Gasteiger partial charge in [-0.05, 0) is 69.4 Å². The molecule has 0 saturated carbocycles. The molecule has 0 aliphatic rings. The van der Waals surface area contributed by atoms with Crippen LogP contribution in [0.3, 0.4) is 0 Å². The summed E-state index contributed by atoms with van der Waals surface area (Å²) in [6, 6.07) is 61.9. The van der Waals surface area contributed by atoms with Crippen LogP contribution in [0.4, 0.5) is 0 Å². The fraction of sp³-hybridized carbons (Fsp3) is 0. The molecular weight excluding hydrogens is 689 g/mol. The fourth-order valence-electron chi connectivity index (χ4n) is 7.66. The first-order valence-electron chi connectivity index (χ1n) is 18.5. The molecule has 0 atom stereocenters. The topological polar surface area (TPSA) is 77.8 Å². The number of nitrogens with zero attached hydrogens (tertiary/aromatic N) is 4. The predicted molar refractivity (Wildman–Crippen MR) is 225 cm³/mol. The van der Waals surface area contributed by atoms with Gasteiger partial charge < -0.3 is 8.83 Å². The van der Waals surface area contributed by atoms with E-state index < -0.39 is 0 Å². The molecule has 0 unspecified atom stereocenters. The number of rotatable bonds is 6. The van der Waals surface area contributed by atoms with E-state index in [1.807, 2.05) is 103 Å². The Morgan fingerprint density at radius 1 is 0.304 bits per heavy atom. The van der Waals surface area contributed by atoms with Gasteiger partial charge in [0, 0.05) is 27.6 Å². The van der Waals surface area contributed by atoms with E-state index in [1.54, 1.807) is 0 Å². The van der Waals surface area contributed by atoms with Gasteiger partial charge in [0.15, 0.2) is 23.1 Å². The molecule has 6 heteroatoms. The molecule has 0 aliphatic carbocycles. The Morgan fingerprint density at radius 2 is 0.786 bits per heavy atom. The van der Waals surface area contributed by atoms with Gasteiger partial charge in [-0.1, -0.05) is 146 Å². The van der Waals surface area contributed by atoms with E-state index in [9.17, 15) is 0 Å². The zero-order valence-electron chi connectivity index (χ0n) is 29.9. The molecule has 0 radical (unpaired) electrons. The molecule has 3 aromatic heterocycles. The lowest BCUT2D eigenvalue weighted by atomic mass is 9.91. The van der Waals surface area contributed by atoms with Gasteiger partial charge in [0.1, 0.15) is 16.7 Å². The summed E-state index contributed by atoms with van der Waals surface area (Å²) >= 11 is 0. The first kappa shape index (κ1) is 31.8. The molecular formula is C50H30N4O2. The van der Waals surface area contributed by atoms with Crippen LogP contribution >= 0.6 is 0 Å². The normalized spacial score (nSPS) is 11.6. The van der Waals surface area contributed by atoms with Gasteiger partial charge >= 0.3 is 0 Å². The van der Waals surface area contributed by atoms with Crippen molar-refractivity contribution in [2.45, 2.75) is 0 Å². The van der Waals surface area contributed by atoms with E-state index >= 15 is 0 Å². The average molecular weight is 719 g/mol. The summed E-state index contributed by atoms with van der Waals surface area (Å²) < 4.78 is 12.6. The van der Waals surface area contributed by atoms with Crippen LogP contribution in [-0.2, 0) is 0 Å². The SMILES string of the molecule is c1ccc(-c2nc(-c3ccccc3)nc(-c3ccc(-c4ccc(-c5ccc6c(c5)oc5ccc7oc(-c8ccccc8)nc7c56)c5ccccc45)cc3)n2)cc1.